The van der Waals surface area contributed by atoms with E-state index in [2.05, 4.69) is 16.3 Å². The summed E-state index contributed by atoms with van der Waals surface area (Å²) in [6.07, 6.45) is 2.87. The highest BCUT2D eigenvalue weighted by atomic mass is 35.5. The molecule has 2 aromatic rings. The molecule has 1 unspecified atom stereocenters. The maximum absolute atomic E-state index is 13.1. The molecule has 2 aromatic carbocycles. The van der Waals surface area contributed by atoms with Crippen LogP contribution in [0.4, 0.5) is 10.1 Å². The van der Waals surface area contributed by atoms with E-state index in [1.165, 1.54) is 25.0 Å². The molecule has 1 aliphatic heterocycles. The van der Waals surface area contributed by atoms with Gasteiger partial charge in [0, 0.05) is 42.5 Å². The molecular formula is C21H25ClFN3O. The average molecular weight is 390 g/mol. The number of amides is 1. The van der Waals surface area contributed by atoms with Gasteiger partial charge in [0.1, 0.15) is 5.82 Å². The van der Waals surface area contributed by atoms with Gasteiger partial charge in [-0.2, -0.15) is 0 Å². The van der Waals surface area contributed by atoms with Crippen molar-refractivity contribution < 1.29 is 9.18 Å². The molecule has 1 aliphatic rings. The maximum Gasteiger partial charge on any atom is 0.222 e. The zero-order chi connectivity index (χ0) is 19.2. The van der Waals surface area contributed by atoms with E-state index in [0.717, 1.165) is 34.9 Å². The third-order valence-corrected chi connectivity index (χ3v) is 5.39. The van der Waals surface area contributed by atoms with E-state index in [1.54, 1.807) is 12.1 Å². The quantitative estimate of drug-likeness (QED) is 0.726. The van der Waals surface area contributed by atoms with Crippen LogP contribution >= 0.6 is 11.6 Å². The number of carbonyl (C=O) groups is 1. The Morgan fingerprint density at radius 2 is 1.89 bits per heavy atom. The summed E-state index contributed by atoms with van der Waals surface area (Å²) in [6.45, 7) is 3.10. The Balaban J connectivity index is 1.63. The number of anilines is 1. The third-order valence-electron chi connectivity index (χ3n) is 5.03. The SMILES string of the molecule is NC(=O)C(CNCc1c(Cl)cccc1N1CCCC1)Cc1ccc(F)cc1. The molecule has 0 aliphatic carbocycles. The van der Waals surface area contributed by atoms with Gasteiger partial charge >= 0.3 is 0 Å². The standard InChI is InChI=1S/C21H25ClFN3O/c22-19-4-3-5-20(26-10-1-2-11-26)18(19)14-25-13-16(21(24)27)12-15-6-8-17(23)9-7-15/h3-9,16,25H,1-2,10-14H2,(H2,24,27). The molecule has 4 nitrogen and oxygen atoms in total. The van der Waals surface area contributed by atoms with Gasteiger partial charge in [-0.05, 0) is 49.1 Å². The number of carbonyl (C=O) groups excluding carboxylic acids is 1. The molecule has 144 valence electrons. The van der Waals surface area contributed by atoms with Crippen LogP contribution in [0.3, 0.4) is 0 Å². The van der Waals surface area contributed by atoms with Crippen molar-refractivity contribution in [2.75, 3.05) is 24.5 Å². The van der Waals surface area contributed by atoms with Crippen molar-refractivity contribution >= 4 is 23.2 Å². The fraction of sp³-hybridized carbons (Fsp3) is 0.381. The van der Waals surface area contributed by atoms with Crippen molar-refractivity contribution in [1.29, 1.82) is 0 Å². The summed E-state index contributed by atoms with van der Waals surface area (Å²) in [5.74, 6) is -1.03. The lowest BCUT2D eigenvalue weighted by Gasteiger charge is -2.23. The largest absolute Gasteiger partial charge is 0.371 e. The van der Waals surface area contributed by atoms with Crippen LogP contribution in [-0.4, -0.2) is 25.5 Å². The van der Waals surface area contributed by atoms with Crippen molar-refractivity contribution in [1.82, 2.24) is 5.32 Å². The first-order valence-corrected chi connectivity index (χ1v) is 9.69. The van der Waals surface area contributed by atoms with Gasteiger partial charge in [0.2, 0.25) is 5.91 Å². The zero-order valence-corrected chi connectivity index (χ0v) is 16.0. The number of nitrogens with zero attached hydrogens (tertiary/aromatic N) is 1. The first-order chi connectivity index (χ1) is 13.0. The van der Waals surface area contributed by atoms with Crippen LogP contribution < -0.4 is 16.0 Å². The minimum absolute atomic E-state index is 0.291. The van der Waals surface area contributed by atoms with Crippen LogP contribution in [0.1, 0.15) is 24.0 Å². The second-order valence-electron chi connectivity index (χ2n) is 6.99. The van der Waals surface area contributed by atoms with Gasteiger partial charge in [0.05, 0.1) is 5.92 Å². The highest BCUT2D eigenvalue weighted by molar-refractivity contribution is 6.31. The first kappa shape index (κ1) is 19.6. The van der Waals surface area contributed by atoms with E-state index in [4.69, 9.17) is 17.3 Å². The van der Waals surface area contributed by atoms with Gasteiger partial charge < -0.3 is 16.0 Å². The molecule has 1 atom stereocenters. The lowest BCUT2D eigenvalue weighted by atomic mass is 9.98. The van der Waals surface area contributed by atoms with E-state index in [0.29, 0.717) is 19.5 Å². The van der Waals surface area contributed by atoms with E-state index in [1.807, 2.05) is 12.1 Å². The fourth-order valence-corrected chi connectivity index (χ4v) is 3.76. The van der Waals surface area contributed by atoms with Gasteiger partial charge in [-0.25, -0.2) is 4.39 Å². The molecule has 1 amide bonds. The van der Waals surface area contributed by atoms with Crippen molar-refractivity contribution in [2.24, 2.45) is 11.7 Å². The van der Waals surface area contributed by atoms with Gasteiger partial charge in [0.25, 0.3) is 0 Å². The van der Waals surface area contributed by atoms with Crippen molar-refractivity contribution in [2.45, 2.75) is 25.8 Å². The molecule has 3 N–H and O–H groups in total. The summed E-state index contributed by atoms with van der Waals surface area (Å²) in [7, 11) is 0. The first-order valence-electron chi connectivity index (χ1n) is 9.31. The number of rotatable bonds is 8. The summed E-state index contributed by atoms with van der Waals surface area (Å²) in [6, 6.07) is 12.1. The molecule has 3 rings (SSSR count). The Hall–Kier alpha value is -2.11. The summed E-state index contributed by atoms with van der Waals surface area (Å²) >= 11 is 6.44. The van der Waals surface area contributed by atoms with E-state index in [-0.39, 0.29) is 17.6 Å². The summed E-state index contributed by atoms with van der Waals surface area (Å²) < 4.78 is 13.1. The van der Waals surface area contributed by atoms with Crippen LogP contribution in [0, 0.1) is 11.7 Å². The van der Waals surface area contributed by atoms with Crippen molar-refractivity contribution in [3.8, 4) is 0 Å². The number of hydrogen-bond acceptors (Lipinski definition) is 3. The van der Waals surface area contributed by atoms with Crippen molar-refractivity contribution in [3.05, 3.63) is 64.4 Å². The van der Waals surface area contributed by atoms with Gasteiger partial charge in [-0.1, -0.05) is 29.8 Å². The zero-order valence-electron chi connectivity index (χ0n) is 15.3. The average Bonchev–Trinajstić information content (AvgIpc) is 3.18. The molecular weight excluding hydrogens is 365 g/mol. The Morgan fingerprint density at radius 1 is 1.19 bits per heavy atom. The highest BCUT2D eigenvalue weighted by Crippen LogP contribution is 2.30. The van der Waals surface area contributed by atoms with Crippen molar-refractivity contribution in [3.63, 3.8) is 0 Å². The second-order valence-corrected chi connectivity index (χ2v) is 7.40. The smallest absolute Gasteiger partial charge is 0.222 e. The molecule has 1 saturated heterocycles. The Labute approximate surface area is 164 Å². The number of nitrogens with two attached hydrogens (primary N) is 1. The molecule has 6 heteroatoms. The Kier molecular flexibility index (Phi) is 6.69. The highest BCUT2D eigenvalue weighted by Gasteiger charge is 2.19. The summed E-state index contributed by atoms with van der Waals surface area (Å²) in [5.41, 5.74) is 8.65. The lowest BCUT2D eigenvalue weighted by Crippen LogP contribution is -2.34. The second kappa shape index (κ2) is 9.20. The fourth-order valence-electron chi connectivity index (χ4n) is 3.53. The number of benzene rings is 2. The predicted octanol–water partition coefficient (Wildman–Crippen LogP) is 3.51. The molecule has 0 aromatic heterocycles. The molecule has 1 fully saturated rings. The van der Waals surface area contributed by atoms with Gasteiger partial charge in [0.15, 0.2) is 0 Å². The predicted molar refractivity (Wildman–Crippen MR) is 107 cm³/mol. The van der Waals surface area contributed by atoms with Crippen LogP contribution in [0.2, 0.25) is 5.02 Å². The van der Waals surface area contributed by atoms with Crippen LogP contribution in [0.5, 0.6) is 0 Å². The number of halogens is 2. The molecule has 1 heterocycles. The lowest BCUT2D eigenvalue weighted by molar-refractivity contribution is -0.121. The summed E-state index contributed by atoms with van der Waals surface area (Å²) in [4.78, 5) is 14.2. The van der Waals surface area contributed by atoms with Gasteiger partial charge in [-0.15, -0.1) is 0 Å². The minimum Gasteiger partial charge on any atom is -0.371 e. The van der Waals surface area contributed by atoms with E-state index in [9.17, 15) is 9.18 Å². The molecule has 0 spiro atoms. The molecule has 0 saturated carbocycles. The van der Waals surface area contributed by atoms with Gasteiger partial charge in [-0.3, -0.25) is 4.79 Å². The van der Waals surface area contributed by atoms with E-state index < -0.39 is 0 Å². The van der Waals surface area contributed by atoms with Crippen LogP contribution in [0.25, 0.3) is 0 Å². The topological polar surface area (TPSA) is 58.4 Å². The molecule has 0 bridgehead atoms. The van der Waals surface area contributed by atoms with Crippen LogP contribution in [-0.2, 0) is 17.8 Å². The summed E-state index contributed by atoms with van der Waals surface area (Å²) in [5, 5.41) is 4.06. The normalized spacial score (nSPS) is 15.1. The third kappa shape index (κ3) is 5.21. The number of nitrogens with one attached hydrogen (secondary N) is 1. The monoisotopic (exact) mass is 389 g/mol. The Morgan fingerprint density at radius 3 is 2.56 bits per heavy atom. The van der Waals surface area contributed by atoms with Crippen LogP contribution in [0.15, 0.2) is 42.5 Å². The maximum atomic E-state index is 13.1. The number of hydrogen-bond donors (Lipinski definition) is 2. The minimum atomic E-state index is -0.370. The molecule has 0 radical (unpaired) electrons. The number of primary amides is 1. The Bertz CT molecular complexity index is 775. The van der Waals surface area contributed by atoms with E-state index >= 15 is 0 Å². The molecule has 27 heavy (non-hydrogen) atoms.